The third-order valence-electron chi connectivity index (χ3n) is 2.59. The number of hydrogen-bond acceptors (Lipinski definition) is 2. The molecule has 1 aromatic rings. The zero-order valence-corrected chi connectivity index (χ0v) is 9.88. The lowest BCUT2D eigenvalue weighted by Crippen LogP contribution is -2.31. The summed E-state index contributed by atoms with van der Waals surface area (Å²) in [6.07, 6.45) is 0.960. The molecule has 0 fully saturated rings. The van der Waals surface area contributed by atoms with E-state index in [0.29, 0.717) is 0 Å². The van der Waals surface area contributed by atoms with Crippen molar-refractivity contribution in [1.29, 1.82) is 0 Å². The topological polar surface area (TPSA) is 32.3 Å². The normalized spacial score (nSPS) is 12.8. The molecule has 2 heteroatoms. The van der Waals surface area contributed by atoms with Gasteiger partial charge in [-0.3, -0.25) is 0 Å². The number of hydrogen-bond donors (Lipinski definition) is 2. The van der Waals surface area contributed by atoms with E-state index >= 15 is 0 Å². The van der Waals surface area contributed by atoms with Crippen LogP contribution in [0.15, 0.2) is 18.2 Å². The molecular formula is C13H21NO. The lowest BCUT2D eigenvalue weighted by molar-refractivity contribution is 0.238. The summed E-state index contributed by atoms with van der Waals surface area (Å²) in [7, 11) is 0. The second-order valence-corrected chi connectivity index (χ2v) is 4.16. The van der Waals surface area contributed by atoms with E-state index in [9.17, 15) is 0 Å². The summed E-state index contributed by atoms with van der Waals surface area (Å²) in [6, 6.07) is 6.76. The van der Waals surface area contributed by atoms with Crippen molar-refractivity contribution in [2.75, 3.05) is 6.61 Å². The summed E-state index contributed by atoms with van der Waals surface area (Å²) < 4.78 is 0. The van der Waals surface area contributed by atoms with Gasteiger partial charge in [0, 0.05) is 12.6 Å². The molecule has 0 radical (unpaired) electrons. The number of aliphatic hydroxyl groups excluding tert-OH is 1. The average Bonchev–Trinajstić information content (AvgIpc) is 2.18. The second kappa shape index (κ2) is 5.89. The Kier molecular flexibility index (Phi) is 4.79. The molecule has 0 bridgehead atoms. The van der Waals surface area contributed by atoms with Crippen LogP contribution in [0.25, 0.3) is 0 Å². The van der Waals surface area contributed by atoms with Crippen LogP contribution < -0.4 is 5.32 Å². The van der Waals surface area contributed by atoms with Gasteiger partial charge >= 0.3 is 0 Å². The minimum Gasteiger partial charge on any atom is -0.395 e. The van der Waals surface area contributed by atoms with Crippen molar-refractivity contribution >= 4 is 0 Å². The van der Waals surface area contributed by atoms with Gasteiger partial charge in [0.05, 0.1) is 6.61 Å². The van der Waals surface area contributed by atoms with E-state index in [2.05, 4.69) is 44.3 Å². The predicted octanol–water partition coefficient (Wildman–Crippen LogP) is 2.16. The Balaban J connectivity index is 2.57. The van der Waals surface area contributed by atoms with Gasteiger partial charge in [0.2, 0.25) is 0 Å². The summed E-state index contributed by atoms with van der Waals surface area (Å²) in [4.78, 5) is 0. The standard InChI is InChI=1S/C13H21NO/c1-4-13(9-15)14-8-12-6-10(2)5-11(3)7-12/h5-7,13-15H,4,8-9H2,1-3H3/t13-/m0/s1. The van der Waals surface area contributed by atoms with Crippen molar-refractivity contribution in [3.8, 4) is 0 Å². The fourth-order valence-electron chi connectivity index (χ4n) is 1.77. The Morgan fingerprint density at radius 1 is 1.20 bits per heavy atom. The molecule has 0 spiro atoms. The van der Waals surface area contributed by atoms with Crippen LogP contribution in [0.1, 0.15) is 30.0 Å². The van der Waals surface area contributed by atoms with Crippen molar-refractivity contribution in [3.05, 3.63) is 34.9 Å². The van der Waals surface area contributed by atoms with Crippen LogP contribution in [0.5, 0.6) is 0 Å². The highest BCUT2D eigenvalue weighted by Gasteiger charge is 2.03. The van der Waals surface area contributed by atoms with Crippen molar-refractivity contribution in [3.63, 3.8) is 0 Å². The quantitative estimate of drug-likeness (QED) is 0.775. The van der Waals surface area contributed by atoms with E-state index in [4.69, 9.17) is 5.11 Å². The third kappa shape index (κ3) is 4.02. The first-order chi connectivity index (χ1) is 7.15. The van der Waals surface area contributed by atoms with E-state index in [1.54, 1.807) is 0 Å². The van der Waals surface area contributed by atoms with Crippen molar-refractivity contribution < 1.29 is 5.11 Å². The smallest absolute Gasteiger partial charge is 0.0584 e. The average molecular weight is 207 g/mol. The van der Waals surface area contributed by atoms with E-state index in [-0.39, 0.29) is 12.6 Å². The summed E-state index contributed by atoms with van der Waals surface area (Å²) in [5, 5.41) is 12.4. The zero-order valence-electron chi connectivity index (χ0n) is 9.88. The number of aliphatic hydroxyl groups is 1. The first kappa shape index (κ1) is 12.2. The lowest BCUT2D eigenvalue weighted by atomic mass is 10.1. The Morgan fingerprint density at radius 3 is 2.27 bits per heavy atom. The van der Waals surface area contributed by atoms with Gasteiger partial charge in [-0.1, -0.05) is 36.2 Å². The molecule has 2 N–H and O–H groups in total. The van der Waals surface area contributed by atoms with Crippen LogP contribution in [0, 0.1) is 13.8 Å². The first-order valence-corrected chi connectivity index (χ1v) is 5.57. The number of rotatable bonds is 5. The van der Waals surface area contributed by atoms with Crippen LogP contribution in [-0.2, 0) is 6.54 Å². The molecule has 1 aromatic carbocycles. The van der Waals surface area contributed by atoms with Gasteiger partial charge in [-0.05, 0) is 25.8 Å². The SMILES string of the molecule is CC[C@@H](CO)NCc1cc(C)cc(C)c1. The monoisotopic (exact) mass is 207 g/mol. The highest BCUT2D eigenvalue weighted by molar-refractivity contribution is 5.28. The van der Waals surface area contributed by atoms with Gasteiger partial charge < -0.3 is 10.4 Å². The zero-order chi connectivity index (χ0) is 11.3. The van der Waals surface area contributed by atoms with E-state index in [0.717, 1.165) is 13.0 Å². The van der Waals surface area contributed by atoms with E-state index in [1.807, 2.05) is 0 Å². The van der Waals surface area contributed by atoms with Crippen molar-refractivity contribution in [2.45, 2.75) is 39.8 Å². The molecule has 1 rings (SSSR count). The molecule has 0 heterocycles. The highest BCUT2D eigenvalue weighted by atomic mass is 16.3. The Labute approximate surface area is 92.3 Å². The molecule has 15 heavy (non-hydrogen) atoms. The Morgan fingerprint density at radius 2 is 1.80 bits per heavy atom. The van der Waals surface area contributed by atoms with Crippen LogP contribution in [0.2, 0.25) is 0 Å². The molecular weight excluding hydrogens is 186 g/mol. The van der Waals surface area contributed by atoms with Crippen molar-refractivity contribution in [2.24, 2.45) is 0 Å². The molecule has 0 aliphatic carbocycles. The lowest BCUT2D eigenvalue weighted by Gasteiger charge is -2.14. The third-order valence-corrected chi connectivity index (χ3v) is 2.59. The van der Waals surface area contributed by atoms with Gasteiger partial charge in [-0.25, -0.2) is 0 Å². The Hall–Kier alpha value is -0.860. The molecule has 0 aliphatic heterocycles. The molecule has 0 unspecified atom stereocenters. The molecule has 0 amide bonds. The summed E-state index contributed by atoms with van der Waals surface area (Å²) in [5.41, 5.74) is 3.88. The summed E-state index contributed by atoms with van der Waals surface area (Å²) in [5.74, 6) is 0. The van der Waals surface area contributed by atoms with Gasteiger partial charge in [0.1, 0.15) is 0 Å². The van der Waals surface area contributed by atoms with Crippen LogP contribution in [0.4, 0.5) is 0 Å². The molecule has 0 saturated carbocycles. The fourth-order valence-corrected chi connectivity index (χ4v) is 1.77. The number of aryl methyl sites for hydroxylation is 2. The largest absolute Gasteiger partial charge is 0.395 e. The van der Waals surface area contributed by atoms with Gasteiger partial charge in [0.25, 0.3) is 0 Å². The molecule has 0 saturated heterocycles. The Bertz CT molecular complexity index is 285. The summed E-state index contributed by atoms with van der Waals surface area (Å²) >= 11 is 0. The second-order valence-electron chi connectivity index (χ2n) is 4.16. The van der Waals surface area contributed by atoms with Crippen LogP contribution in [-0.4, -0.2) is 17.8 Å². The molecule has 84 valence electrons. The minimum atomic E-state index is 0.210. The number of benzene rings is 1. The van der Waals surface area contributed by atoms with E-state index in [1.165, 1.54) is 16.7 Å². The predicted molar refractivity (Wildman–Crippen MR) is 63.9 cm³/mol. The van der Waals surface area contributed by atoms with Gasteiger partial charge in [0.15, 0.2) is 0 Å². The molecule has 1 atom stereocenters. The van der Waals surface area contributed by atoms with Crippen molar-refractivity contribution in [1.82, 2.24) is 5.32 Å². The molecule has 0 aliphatic rings. The molecule has 2 nitrogen and oxygen atoms in total. The van der Waals surface area contributed by atoms with Crippen LogP contribution >= 0.6 is 0 Å². The van der Waals surface area contributed by atoms with E-state index < -0.39 is 0 Å². The molecule has 0 aromatic heterocycles. The first-order valence-electron chi connectivity index (χ1n) is 5.57. The number of nitrogens with one attached hydrogen (secondary N) is 1. The van der Waals surface area contributed by atoms with Gasteiger partial charge in [-0.15, -0.1) is 0 Å². The van der Waals surface area contributed by atoms with Crippen LogP contribution in [0.3, 0.4) is 0 Å². The maximum absolute atomic E-state index is 9.05. The summed E-state index contributed by atoms with van der Waals surface area (Å²) in [6.45, 7) is 7.35. The highest BCUT2D eigenvalue weighted by Crippen LogP contribution is 2.08. The maximum atomic E-state index is 9.05. The van der Waals surface area contributed by atoms with Gasteiger partial charge in [-0.2, -0.15) is 0 Å². The minimum absolute atomic E-state index is 0.210. The maximum Gasteiger partial charge on any atom is 0.0584 e. The fraction of sp³-hybridized carbons (Fsp3) is 0.538.